The zero-order valence-electron chi connectivity index (χ0n) is 42.5. The lowest BCUT2D eigenvalue weighted by Gasteiger charge is -2.48. The molecule has 0 saturated carbocycles. The van der Waals surface area contributed by atoms with Crippen LogP contribution in [-0.4, -0.2) is 195 Å². The zero-order chi connectivity index (χ0) is 52.3. The number of carbonyl (C=O) groups is 3. The maximum absolute atomic E-state index is 14.5. The summed E-state index contributed by atoms with van der Waals surface area (Å²) in [5.41, 5.74) is -4.33. The number of carboxylic acid groups (broad SMARTS) is 1. The molecule has 0 spiro atoms. The highest BCUT2D eigenvalue weighted by atomic mass is 35.5. The molecule has 1 aromatic heterocycles. The van der Waals surface area contributed by atoms with Crippen molar-refractivity contribution in [3.8, 4) is 0 Å². The van der Waals surface area contributed by atoms with Crippen LogP contribution < -0.4 is 10.6 Å². The summed E-state index contributed by atoms with van der Waals surface area (Å²) in [6.45, 7) is 18.0. The number of esters is 1. The lowest BCUT2D eigenvalue weighted by atomic mass is 9.77. The molecule has 4 heterocycles. The average molecular weight is 1030 g/mol. The highest BCUT2D eigenvalue weighted by molar-refractivity contribution is 6.33. The van der Waals surface area contributed by atoms with Gasteiger partial charge in [0.05, 0.1) is 41.5 Å². The number of pyridine rings is 1. The number of aliphatic hydroxyl groups excluding tert-OH is 3. The lowest BCUT2D eigenvalue weighted by molar-refractivity contribution is -0.318. The first kappa shape index (κ1) is 60.8. The summed E-state index contributed by atoms with van der Waals surface area (Å²) in [6, 6.07) is 1.39. The minimum Gasteiger partial charge on any atom is -0.483 e. The third-order valence-corrected chi connectivity index (χ3v) is 14.4. The molecule has 0 unspecified atom stereocenters. The van der Waals surface area contributed by atoms with Crippen molar-refractivity contribution in [3.05, 3.63) is 22.4 Å². The Kier molecular flexibility index (Phi) is 23.3. The summed E-state index contributed by atoms with van der Waals surface area (Å²) in [5.74, 6) is -2.95. The number of aliphatic hydroxyl groups is 5. The van der Waals surface area contributed by atoms with Crippen LogP contribution in [0.2, 0.25) is 10.3 Å². The largest absolute Gasteiger partial charge is 0.483 e. The minimum atomic E-state index is -1.94. The number of anilines is 1. The normalized spacial score (nSPS) is 39.8. The summed E-state index contributed by atoms with van der Waals surface area (Å²) in [5, 5.41) is 72.4. The molecule has 0 aliphatic carbocycles. The van der Waals surface area contributed by atoms with E-state index in [0.29, 0.717) is 31.6 Å². The van der Waals surface area contributed by atoms with Crippen molar-refractivity contribution in [1.29, 1.82) is 0 Å². The van der Waals surface area contributed by atoms with Gasteiger partial charge in [0, 0.05) is 56.9 Å². The second kappa shape index (κ2) is 26.4. The van der Waals surface area contributed by atoms with E-state index in [9.17, 15) is 35.1 Å². The number of likely N-dealkylation sites (N-methyl/N-ethyl adjacent to an activating group) is 1. The number of rotatable bonds is 12. The Hall–Kier alpha value is -2.54. The van der Waals surface area contributed by atoms with Gasteiger partial charge in [-0.2, -0.15) is 0 Å². The number of halogens is 2. The molecule has 18 atom stereocenters. The third-order valence-electron chi connectivity index (χ3n) is 14.0. The van der Waals surface area contributed by atoms with Crippen LogP contribution in [0.15, 0.2) is 12.1 Å². The fourth-order valence-electron chi connectivity index (χ4n) is 10.1. The topological polar surface area (TPSA) is 271 Å². The molecule has 3 aliphatic heterocycles. The molecule has 2 amide bonds. The van der Waals surface area contributed by atoms with Crippen LogP contribution >= 0.6 is 23.2 Å². The van der Waals surface area contributed by atoms with Crippen molar-refractivity contribution in [2.75, 3.05) is 46.2 Å². The number of hydrogen-bond donors (Lipinski definition) is 8. The molecule has 22 heteroatoms. The van der Waals surface area contributed by atoms with E-state index in [1.165, 1.54) is 26.2 Å². The van der Waals surface area contributed by atoms with Crippen LogP contribution in [0.5, 0.6) is 0 Å². The van der Waals surface area contributed by atoms with Crippen molar-refractivity contribution in [2.24, 2.45) is 17.8 Å². The first-order valence-electron chi connectivity index (χ1n) is 23.8. The van der Waals surface area contributed by atoms with Gasteiger partial charge in [-0.05, 0) is 106 Å². The molecular weight excluding hydrogens is 945 g/mol. The van der Waals surface area contributed by atoms with Crippen molar-refractivity contribution >= 4 is 47.4 Å². The Morgan fingerprint density at radius 2 is 1.61 bits per heavy atom. The molecule has 0 aromatic carbocycles. The average Bonchev–Trinajstić information content (AvgIpc) is 3.25. The molecule has 0 radical (unpaired) electrons. The number of cyclic esters (lactones) is 1. The molecular formula is C47H81Cl2N5O15. The molecule has 3 saturated heterocycles. The summed E-state index contributed by atoms with van der Waals surface area (Å²) in [7, 11) is 5.23. The van der Waals surface area contributed by atoms with Gasteiger partial charge in [-0.1, -0.05) is 44.0 Å². The second-order valence-electron chi connectivity index (χ2n) is 20.1. The van der Waals surface area contributed by atoms with Crippen LogP contribution in [0.3, 0.4) is 0 Å². The number of methoxy groups -OCH3 is 1. The summed E-state index contributed by atoms with van der Waals surface area (Å²) >= 11 is 12.0. The zero-order valence-corrected chi connectivity index (χ0v) is 44.0. The van der Waals surface area contributed by atoms with Crippen LogP contribution in [0.1, 0.15) is 101 Å². The Bertz CT molecular complexity index is 1770. The van der Waals surface area contributed by atoms with E-state index < -0.39 is 102 Å². The maximum atomic E-state index is 14.5. The van der Waals surface area contributed by atoms with Crippen LogP contribution in [0.4, 0.5) is 10.5 Å². The quantitative estimate of drug-likeness (QED) is 0.0639. The van der Waals surface area contributed by atoms with Crippen molar-refractivity contribution < 1.29 is 73.4 Å². The second-order valence-corrected chi connectivity index (χ2v) is 20.8. The number of nitrogens with zero attached hydrogens (tertiary/aromatic N) is 3. The highest BCUT2D eigenvalue weighted by Crippen LogP contribution is 2.40. The van der Waals surface area contributed by atoms with Gasteiger partial charge >= 0.3 is 12.0 Å². The molecule has 398 valence electrons. The van der Waals surface area contributed by atoms with Gasteiger partial charge in [0.15, 0.2) is 12.6 Å². The molecule has 1 aromatic rings. The summed E-state index contributed by atoms with van der Waals surface area (Å²) in [4.78, 5) is 43.5. The number of urea groups is 1. The van der Waals surface area contributed by atoms with Gasteiger partial charge in [-0.15, -0.1) is 0 Å². The van der Waals surface area contributed by atoms with Gasteiger partial charge in [0.2, 0.25) is 0 Å². The summed E-state index contributed by atoms with van der Waals surface area (Å²) < 4.78 is 38.0. The number of aromatic nitrogens is 1. The van der Waals surface area contributed by atoms with Crippen LogP contribution in [0.25, 0.3) is 0 Å². The molecule has 20 nitrogen and oxygen atoms in total. The first-order valence-corrected chi connectivity index (χ1v) is 24.5. The minimum absolute atomic E-state index is 0.0896. The maximum Gasteiger partial charge on any atom is 0.319 e. The van der Waals surface area contributed by atoms with Crippen molar-refractivity contribution in [3.63, 3.8) is 0 Å². The van der Waals surface area contributed by atoms with Crippen molar-refractivity contribution in [1.82, 2.24) is 20.1 Å². The van der Waals surface area contributed by atoms with Gasteiger partial charge in [-0.25, -0.2) is 9.78 Å². The Morgan fingerprint density at radius 1 is 1.00 bits per heavy atom. The lowest BCUT2D eigenvalue weighted by Crippen LogP contribution is -2.60. The van der Waals surface area contributed by atoms with Gasteiger partial charge in [-0.3, -0.25) is 14.5 Å². The van der Waals surface area contributed by atoms with Gasteiger partial charge in [0.1, 0.15) is 40.3 Å². The number of ether oxygens (including phenoxy) is 6. The standard InChI is InChI=1S/C46H79Cl2N5O13.CH2O2/c1-14-32-46(10,60)38(55)28(6)53(17-15-16-49-43(58)50-30-19-33(47)51-34(48)20-30)23-24(2)21-44(8,59)40(66-42-36(54)31(52(11)12)18-25(3)62-42)26(4)37(27(5)41(57)64-32)65-35-22-45(9,61-13)39(56)29(7)63-35;2-1-3/h19-20,24-29,31-32,35-40,42,54-56,59-60H,14-18,21-23H2,1-13H3,(H2,49,50,51,58);1H,(H,2,3)/t24-,25-,26+,27-,28-,29+,31+,32-,35+,36-,37+,38-,39+,40-,42+,44-,45-,46-;/m1./s1. The molecule has 69 heavy (non-hydrogen) atoms. The van der Waals surface area contributed by atoms with E-state index in [2.05, 4.69) is 15.6 Å². The molecule has 3 fully saturated rings. The highest BCUT2D eigenvalue weighted by Gasteiger charge is 2.53. The summed E-state index contributed by atoms with van der Waals surface area (Å²) in [6.07, 6.45) is -8.82. The van der Waals surface area contributed by atoms with E-state index in [1.54, 1.807) is 48.5 Å². The van der Waals surface area contributed by atoms with Crippen LogP contribution in [0, 0.1) is 17.8 Å². The number of hydrogen-bond acceptors (Lipinski definition) is 17. The predicted molar refractivity (Wildman–Crippen MR) is 258 cm³/mol. The first-order chi connectivity index (χ1) is 32.1. The predicted octanol–water partition coefficient (Wildman–Crippen LogP) is 3.89. The van der Waals surface area contributed by atoms with E-state index in [4.69, 9.17) is 61.5 Å². The monoisotopic (exact) mass is 1030 g/mol. The number of nitrogens with one attached hydrogen (secondary N) is 2. The number of carbonyl (C=O) groups excluding carboxylic acids is 2. The van der Waals surface area contributed by atoms with Crippen LogP contribution in [-0.2, 0) is 38.0 Å². The van der Waals surface area contributed by atoms with Gasteiger partial charge < -0.3 is 74.6 Å². The number of amides is 2. The Labute approximate surface area is 417 Å². The fourth-order valence-corrected chi connectivity index (χ4v) is 10.6. The Morgan fingerprint density at radius 3 is 2.17 bits per heavy atom. The van der Waals surface area contributed by atoms with E-state index in [-0.39, 0.29) is 60.6 Å². The van der Waals surface area contributed by atoms with E-state index in [0.717, 1.165) is 0 Å². The molecule has 8 N–H and O–H groups in total. The van der Waals surface area contributed by atoms with E-state index in [1.807, 2.05) is 37.7 Å². The molecule has 4 rings (SSSR count). The van der Waals surface area contributed by atoms with Crippen molar-refractivity contribution in [2.45, 2.75) is 192 Å². The smallest absolute Gasteiger partial charge is 0.319 e. The molecule has 3 aliphatic rings. The van der Waals surface area contributed by atoms with Gasteiger partial charge in [0.25, 0.3) is 6.47 Å². The van der Waals surface area contributed by atoms with E-state index >= 15 is 0 Å². The molecule has 0 bridgehead atoms. The SMILES string of the molecule is CC[C@H]1OC(=O)[C@H](C)[C@@H](O[C@H]2C[C@@](C)(OC)[C@@H](O)[C@H](C)O2)[C@H](C)[C@@H](O[C@@H]2O[C@H](C)C[C@H](N(C)C)[C@H]2O)[C@](C)(O)C[C@@H](C)CN(CCCNC(=O)Nc2cc(Cl)nc(Cl)c2)[C@H](C)[C@@H](O)[C@]1(C)O.O=CO. The Balaban J connectivity index is 0.00000409. The third kappa shape index (κ3) is 16.2. The fraction of sp³-hybridized carbons (Fsp3) is 0.830.